The molecule has 0 unspecified atom stereocenters. The molecule has 1 fully saturated rings. The molecule has 6 heteroatoms. The molecule has 4 nitrogen and oxygen atoms in total. The number of morpholine rings is 1. The first-order valence-electron chi connectivity index (χ1n) is 6.58. The van der Waals surface area contributed by atoms with Gasteiger partial charge >= 0.3 is 0 Å². The second-order valence-electron chi connectivity index (χ2n) is 4.81. The fraction of sp³-hybridized carbons (Fsp3) is 0.500. The Kier molecular flexibility index (Phi) is 5.51. The van der Waals surface area contributed by atoms with Crippen molar-refractivity contribution in [3.8, 4) is 0 Å². The molecule has 110 valence electrons. The van der Waals surface area contributed by atoms with Crippen LogP contribution >= 0.6 is 15.9 Å². The summed E-state index contributed by atoms with van der Waals surface area (Å²) < 4.78 is 19.1. The van der Waals surface area contributed by atoms with Gasteiger partial charge in [-0.1, -0.05) is 0 Å². The summed E-state index contributed by atoms with van der Waals surface area (Å²) in [5, 5.41) is 0. The van der Waals surface area contributed by atoms with E-state index in [-0.39, 0.29) is 5.91 Å². The summed E-state index contributed by atoms with van der Waals surface area (Å²) in [6.07, 6.45) is 0. The van der Waals surface area contributed by atoms with Crippen molar-refractivity contribution in [2.75, 3.05) is 46.4 Å². The highest BCUT2D eigenvalue weighted by atomic mass is 79.9. The van der Waals surface area contributed by atoms with Crippen LogP contribution in [0.4, 0.5) is 4.39 Å². The number of carbonyl (C=O) groups is 1. The van der Waals surface area contributed by atoms with Crippen LogP contribution < -0.4 is 0 Å². The van der Waals surface area contributed by atoms with E-state index in [4.69, 9.17) is 4.74 Å². The lowest BCUT2D eigenvalue weighted by atomic mass is 10.2. The summed E-state index contributed by atoms with van der Waals surface area (Å²) in [5.41, 5.74) is 0.371. The summed E-state index contributed by atoms with van der Waals surface area (Å²) in [6, 6.07) is 4.44. The highest BCUT2D eigenvalue weighted by Gasteiger charge is 2.16. The maximum atomic E-state index is 13.4. The maximum absolute atomic E-state index is 13.4. The van der Waals surface area contributed by atoms with Gasteiger partial charge in [-0.25, -0.2) is 4.39 Å². The number of rotatable bonds is 4. The van der Waals surface area contributed by atoms with Crippen molar-refractivity contribution in [3.05, 3.63) is 34.1 Å². The van der Waals surface area contributed by atoms with Crippen molar-refractivity contribution in [3.63, 3.8) is 0 Å². The van der Waals surface area contributed by atoms with E-state index < -0.39 is 5.82 Å². The first-order chi connectivity index (χ1) is 9.58. The Hall–Kier alpha value is -0.980. The normalized spacial score (nSPS) is 16.1. The molecule has 1 aliphatic rings. The number of ether oxygens (including phenoxy) is 1. The average molecular weight is 345 g/mol. The molecule has 0 bridgehead atoms. The fourth-order valence-electron chi connectivity index (χ4n) is 2.07. The molecule has 0 aliphatic carbocycles. The molecule has 1 amide bonds. The third kappa shape index (κ3) is 4.01. The van der Waals surface area contributed by atoms with Crippen LogP contribution in [0.3, 0.4) is 0 Å². The Morgan fingerprint density at radius 1 is 1.45 bits per heavy atom. The first-order valence-corrected chi connectivity index (χ1v) is 7.38. The van der Waals surface area contributed by atoms with E-state index in [1.165, 1.54) is 6.07 Å². The van der Waals surface area contributed by atoms with Gasteiger partial charge in [0.2, 0.25) is 0 Å². The lowest BCUT2D eigenvalue weighted by Crippen LogP contribution is -2.41. The molecular formula is C14H18BrFN2O2. The Bertz CT molecular complexity index is 478. The number of amides is 1. The van der Waals surface area contributed by atoms with E-state index in [0.29, 0.717) is 16.6 Å². The molecule has 2 rings (SSSR count). The zero-order valence-electron chi connectivity index (χ0n) is 11.4. The highest BCUT2D eigenvalue weighted by Crippen LogP contribution is 2.17. The topological polar surface area (TPSA) is 32.8 Å². The average Bonchev–Trinajstić information content (AvgIpc) is 2.48. The van der Waals surface area contributed by atoms with Crippen LogP contribution in [0, 0.1) is 5.82 Å². The molecule has 0 atom stereocenters. The van der Waals surface area contributed by atoms with Crippen molar-refractivity contribution in [1.29, 1.82) is 0 Å². The van der Waals surface area contributed by atoms with E-state index in [0.717, 1.165) is 32.8 Å². The van der Waals surface area contributed by atoms with Gasteiger partial charge in [0.15, 0.2) is 0 Å². The minimum absolute atomic E-state index is 0.162. The lowest BCUT2D eigenvalue weighted by Gasteiger charge is -2.28. The molecule has 1 heterocycles. The third-order valence-corrected chi connectivity index (χ3v) is 4.01. The van der Waals surface area contributed by atoms with Crippen LogP contribution in [0.15, 0.2) is 22.7 Å². The standard InChI is InChI=1S/C14H18BrFN2O2/c1-17(4-5-18-6-8-20-9-7-18)14(19)11-2-3-12(15)13(16)10-11/h2-3,10H,4-9H2,1H3. The van der Waals surface area contributed by atoms with Crippen molar-refractivity contribution in [2.24, 2.45) is 0 Å². The largest absolute Gasteiger partial charge is 0.379 e. The molecule has 1 aromatic carbocycles. The second-order valence-corrected chi connectivity index (χ2v) is 5.66. The number of halogens is 2. The van der Waals surface area contributed by atoms with Gasteiger partial charge in [-0.15, -0.1) is 0 Å². The second kappa shape index (κ2) is 7.15. The molecule has 1 aromatic rings. The van der Waals surface area contributed by atoms with Gasteiger partial charge in [0, 0.05) is 38.8 Å². The minimum atomic E-state index is -0.419. The number of benzene rings is 1. The quantitative estimate of drug-likeness (QED) is 0.837. The Labute approximate surface area is 126 Å². The predicted octanol–water partition coefficient (Wildman–Crippen LogP) is 1.99. The van der Waals surface area contributed by atoms with Crippen LogP contribution in [-0.2, 0) is 4.74 Å². The molecule has 1 aliphatic heterocycles. The van der Waals surface area contributed by atoms with Crippen LogP contribution in [0.2, 0.25) is 0 Å². The van der Waals surface area contributed by atoms with Crippen molar-refractivity contribution >= 4 is 21.8 Å². The van der Waals surface area contributed by atoms with Crippen LogP contribution in [0.1, 0.15) is 10.4 Å². The lowest BCUT2D eigenvalue weighted by molar-refractivity contribution is 0.0338. The number of likely N-dealkylation sites (N-methyl/N-ethyl adjacent to an activating group) is 1. The minimum Gasteiger partial charge on any atom is -0.379 e. The summed E-state index contributed by atoms with van der Waals surface area (Å²) in [6.45, 7) is 4.72. The van der Waals surface area contributed by atoms with Crippen molar-refractivity contribution in [2.45, 2.75) is 0 Å². The molecule has 0 N–H and O–H groups in total. The van der Waals surface area contributed by atoms with Crippen LogP contribution in [0.5, 0.6) is 0 Å². The number of carbonyl (C=O) groups excluding carboxylic acids is 1. The van der Waals surface area contributed by atoms with Crippen molar-refractivity contribution in [1.82, 2.24) is 9.80 Å². The molecule has 0 saturated carbocycles. The summed E-state index contributed by atoms with van der Waals surface area (Å²) in [4.78, 5) is 16.1. The maximum Gasteiger partial charge on any atom is 0.253 e. The Balaban J connectivity index is 1.89. The van der Waals surface area contributed by atoms with Gasteiger partial charge in [0.1, 0.15) is 5.82 Å². The van der Waals surface area contributed by atoms with Gasteiger partial charge in [-0.2, -0.15) is 0 Å². The van der Waals surface area contributed by atoms with Gasteiger partial charge in [-0.3, -0.25) is 9.69 Å². The predicted molar refractivity (Wildman–Crippen MR) is 78.3 cm³/mol. The molecular weight excluding hydrogens is 327 g/mol. The SMILES string of the molecule is CN(CCN1CCOCC1)C(=O)c1ccc(Br)c(F)c1. The monoisotopic (exact) mass is 344 g/mol. The smallest absolute Gasteiger partial charge is 0.253 e. The van der Waals surface area contributed by atoms with Gasteiger partial charge < -0.3 is 9.64 Å². The van der Waals surface area contributed by atoms with Crippen LogP contribution in [0.25, 0.3) is 0 Å². The molecule has 0 radical (unpaired) electrons. The summed E-state index contributed by atoms with van der Waals surface area (Å²) in [7, 11) is 1.74. The third-order valence-electron chi connectivity index (χ3n) is 3.37. The Morgan fingerprint density at radius 3 is 2.80 bits per heavy atom. The zero-order chi connectivity index (χ0) is 14.5. The molecule has 0 aromatic heterocycles. The molecule has 20 heavy (non-hydrogen) atoms. The molecule has 1 saturated heterocycles. The van der Waals surface area contributed by atoms with E-state index >= 15 is 0 Å². The van der Waals surface area contributed by atoms with Gasteiger partial charge in [0.05, 0.1) is 17.7 Å². The number of hydrogen-bond donors (Lipinski definition) is 0. The van der Waals surface area contributed by atoms with Gasteiger partial charge in [0.25, 0.3) is 5.91 Å². The van der Waals surface area contributed by atoms with E-state index in [2.05, 4.69) is 20.8 Å². The highest BCUT2D eigenvalue weighted by molar-refractivity contribution is 9.10. The van der Waals surface area contributed by atoms with E-state index in [1.54, 1.807) is 24.1 Å². The first kappa shape index (κ1) is 15.4. The van der Waals surface area contributed by atoms with Crippen LogP contribution in [-0.4, -0.2) is 62.1 Å². The summed E-state index contributed by atoms with van der Waals surface area (Å²) in [5.74, 6) is -0.581. The number of hydrogen-bond acceptors (Lipinski definition) is 3. The molecule has 0 spiro atoms. The Morgan fingerprint density at radius 2 is 2.15 bits per heavy atom. The van der Waals surface area contributed by atoms with E-state index in [1.807, 2.05) is 0 Å². The van der Waals surface area contributed by atoms with Crippen molar-refractivity contribution < 1.29 is 13.9 Å². The van der Waals surface area contributed by atoms with Gasteiger partial charge in [-0.05, 0) is 34.1 Å². The summed E-state index contributed by atoms with van der Waals surface area (Å²) >= 11 is 3.08. The van der Waals surface area contributed by atoms with E-state index in [9.17, 15) is 9.18 Å². The fourth-order valence-corrected chi connectivity index (χ4v) is 2.31. The number of nitrogens with zero attached hydrogens (tertiary/aromatic N) is 2. The zero-order valence-corrected chi connectivity index (χ0v) is 13.0.